The molecule has 1 fully saturated rings. The van der Waals surface area contributed by atoms with Crippen molar-refractivity contribution in [3.8, 4) is 0 Å². The van der Waals surface area contributed by atoms with Gasteiger partial charge in [0.25, 0.3) is 11.8 Å². The van der Waals surface area contributed by atoms with E-state index in [9.17, 15) is 9.59 Å². The number of fused-ring (bicyclic) bond motifs is 2. The minimum atomic E-state index is 0.0997. The van der Waals surface area contributed by atoms with E-state index >= 15 is 0 Å². The molecule has 0 heterocycles. The number of hydrogen-bond donors (Lipinski definition) is 0. The summed E-state index contributed by atoms with van der Waals surface area (Å²) < 4.78 is 0. The Labute approximate surface area is 128 Å². The number of hydrogen-bond acceptors (Lipinski definition) is 2. The fraction of sp³-hybridized carbons (Fsp3) is 0.765. The lowest BCUT2D eigenvalue weighted by molar-refractivity contribution is -0.130. The van der Waals surface area contributed by atoms with Gasteiger partial charge in [-0.25, -0.2) is 0 Å². The zero-order chi connectivity index (χ0) is 15.6. The maximum atomic E-state index is 12.8. The number of likely N-dealkylation sites (N-methyl/N-ethyl adjacent to an activating group) is 2. The van der Waals surface area contributed by atoms with E-state index in [1.54, 1.807) is 0 Å². The average molecular weight is 292 g/mol. The van der Waals surface area contributed by atoms with Crippen molar-refractivity contribution < 1.29 is 9.59 Å². The number of carbonyl (C=O) groups excluding carboxylic acids is 2. The Bertz CT molecular complexity index is 408. The zero-order valence-electron chi connectivity index (χ0n) is 13.8. The van der Waals surface area contributed by atoms with E-state index in [-0.39, 0.29) is 11.8 Å². The predicted molar refractivity (Wildman–Crippen MR) is 83.7 cm³/mol. The summed E-state index contributed by atoms with van der Waals surface area (Å²) in [5, 5.41) is 0. The van der Waals surface area contributed by atoms with Crippen LogP contribution in [0.3, 0.4) is 0 Å². The molecule has 0 aromatic rings. The molecule has 0 radical (unpaired) electrons. The molecule has 0 aromatic carbocycles. The second kappa shape index (κ2) is 6.63. The molecule has 2 atom stereocenters. The van der Waals surface area contributed by atoms with Gasteiger partial charge in [-0.1, -0.05) is 0 Å². The van der Waals surface area contributed by atoms with Crippen molar-refractivity contribution in [1.29, 1.82) is 0 Å². The highest BCUT2D eigenvalue weighted by Crippen LogP contribution is 2.49. The van der Waals surface area contributed by atoms with Gasteiger partial charge in [-0.3, -0.25) is 9.59 Å². The Morgan fingerprint density at radius 2 is 1.14 bits per heavy atom. The van der Waals surface area contributed by atoms with Crippen LogP contribution in [0.15, 0.2) is 11.1 Å². The second-order valence-corrected chi connectivity index (χ2v) is 5.99. The van der Waals surface area contributed by atoms with Crippen molar-refractivity contribution in [3.05, 3.63) is 11.1 Å². The highest BCUT2D eigenvalue weighted by Gasteiger charge is 2.46. The second-order valence-electron chi connectivity index (χ2n) is 5.99. The normalized spacial score (nSPS) is 23.6. The van der Waals surface area contributed by atoms with Crippen LogP contribution in [0.25, 0.3) is 0 Å². The summed E-state index contributed by atoms with van der Waals surface area (Å²) >= 11 is 0. The molecule has 0 aliphatic heterocycles. The summed E-state index contributed by atoms with van der Waals surface area (Å²) in [7, 11) is 0. The third-order valence-corrected chi connectivity index (χ3v) is 5.10. The van der Waals surface area contributed by atoms with Crippen LogP contribution >= 0.6 is 0 Å². The Morgan fingerprint density at radius 1 is 0.810 bits per heavy atom. The molecular weight excluding hydrogens is 264 g/mol. The molecule has 2 rings (SSSR count). The molecule has 2 bridgehead atoms. The maximum absolute atomic E-state index is 12.8. The van der Waals surface area contributed by atoms with Crippen LogP contribution in [0.4, 0.5) is 0 Å². The molecule has 2 amide bonds. The molecule has 0 saturated heterocycles. The standard InChI is InChI=1S/C17H28N2O2/c1-5-18(6-2)16(20)14-12-9-10-13(11-12)15(14)17(21)19(7-3)8-4/h12-13H,5-11H2,1-4H3. The topological polar surface area (TPSA) is 40.6 Å². The highest BCUT2D eigenvalue weighted by atomic mass is 16.2. The van der Waals surface area contributed by atoms with Crippen molar-refractivity contribution in [2.24, 2.45) is 11.8 Å². The van der Waals surface area contributed by atoms with E-state index in [0.29, 0.717) is 38.0 Å². The molecule has 2 aliphatic rings. The molecule has 2 unspecified atom stereocenters. The first-order valence-corrected chi connectivity index (χ1v) is 8.41. The van der Waals surface area contributed by atoms with Crippen LogP contribution in [0.5, 0.6) is 0 Å². The van der Waals surface area contributed by atoms with E-state index < -0.39 is 0 Å². The summed E-state index contributed by atoms with van der Waals surface area (Å²) in [4.78, 5) is 29.3. The van der Waals surface area contributed by atoms with Crippen molar-refractivity contribution in [2.45, 2.75) is 47.0 Å². The first kappa shape index (κ1) is 16.1. The van der Waals surface area contributed by atoms with Crippen LogP contribution in [0.1, 0.15) is 47.0 Å². The van der Waals surface area contributed by atoms with Crippen molar-refractivity contribution in [2.75, 3.05) is 26.2 Å². The molecule has 0 N–H and O–H groups in total. The summed E-state index contributed by atoms with van der Waals surface area (Å²) in [5.74, 6) is 0.834. The van der Waals surface area contributed by atoms with E-state index in [1.165, 1.54) is 0 Å². The summed E-state index contributed by atoms with van der Waals surface area (Å²) in [6, 6.07) is 0. The van der Waals surface area contributed by atoms with Crippen LogP contribution in [-0.4, -0.2) is 47.8 Å². The molecular formula is C17H28N2O2. The third kappa shape index (κ3) is 2.72. The molecule has 0 aromatic heterocycles. The van der Waals surface area contributed by atoms with Crippen molar-refractivity contribution >= 4 is 11.8 Å². The van der Waals surface area contributed by atoms with Crippen LogP contribution in [-0.2, 0) is 9.59 Å². The van der Waals surface area contributed by atoms with Gasteiger partial charge >= 0.3 is 0 Å². The third-order valence-electron chi connectivity index (χ3n) is 5.10. The Balaban J connectivity index is 2.37. The minimum Gasteiger partial charge on any atom is -0.339 e. The predicted octanol–water partition coefficient (Wildman–Crippen LogP) is 2.45. The summed E-state index contributed by atoms with van der Waals surface area (Å²) in [6.07, 6.45) is 3.15. The minimum absolute atomic E-state index is 0.0997. The lowest BCUT2D eigenvalue weighted by atomic mass is 9.90. The zero-order valence-corrected chi connectivity index (χ0v) is 13.8. The molecule has 21 heavy (non-hydrogen) atoms. The van der Waals surface area contributed by atoms with Crippen LogP contribution in [0, 0.1) is 11.8 Å². The van der Waals surface area contributed by atoms with Gasteiger partial charge in [0, 0.05) is 37.3 Å². The number of carbonyl (C=O) groups is 2. The molecule has 2 aliphatic carbocycles. The Kier molecular flexibility index (Phi) is 5.07. The van der Waals surface area contributed by atoms with Gasteiger partial charge in [0.2, 0.25) is 0 Å². The average Bonchev–Trinajstić information content (AvgIpc) is 3.10. The van der Waals surface area contributed by atoms with Gasteiger partial charge in [0.15, 0.2) is 0 Å². The lowest BCUT2D eigenvalue weighted by Gasteiger charge is -2.27. The van der Waals surface area contributed by atoms with Crippen LogP contribution < -0.4 is 0 Å². The number of amides is 2. The molecule has 1 saturated carbocycles. The van der Waals surface area contributed by atoms with Gasteiger partial charge in [-0.05, 0) is 58.8 Å². The highest BCUT2D eigenvalue weighted by molar-refractivity contribution is 6.06. The fourth-order valence-corrected chi connectivity index (χ4v) is 3.89. The van der Waals surface area contributed by atoms with E-state index in [2.05, 4.69) is 0 Å². The van der Waals surface area contributed by atoms with E-state index in [0.717, 1.165) is 30.4 Å². The van der Waals surface area contributed by atoms with Crippen LogP contribution in [0.2, 0.25) is 0 Å². The maximum Gasteiger partial charge on any atom is 0.250 e. The molecule has 0 spiro atoms. The molecule has 118 valence electrons. The van der Waals surface area contributed by atoms with Gasteiger partial charge in [-0.15, -0.1) is 0 Å². The van der Waals surface area contributed by atoms with Gasteiger partial charge < -0.3 is 9.80 Å². The quantitative estimate of drug-likeness (QED) is 0.754. The molecule has 4 heteroatoms. The smallest absolute Gasteiger partial charge is 0.250 e. The summed E-state index contributed by atoms with van der Waals surface area (Å²) in [6.45, 7) is 10.8. The number of nitrogens with zero attached hydrogens (tertiary/aromatic N) is 2. The summed E-state index contributed by atoms with van der Waals surface area (Å²) in [5.41, 5.74) is 1.68. The van der Waals surface area contributed by atoms with Crippen molar-refractivity contribution in [3.63, 3.8) is 0 Å². The Morgan fingerprint density at radius 3 is 1.43 bits per heavy atom. The van der Waals surface area contributed by atoms with Gasteiger partial charge in [0.05, 0.1) is 0 Å². The van der Waals surface area contributed by atoms with E-state index in [1.807, 2.05) is 37.5 Å². The largest absolute Gasteiger partial charge is 0.339 e. The van der Waals surface area contributed by atoms with Gasteiger partial charge in [0.1, 0.15) is 0 Å². The fourth-order valence-electron chi connectivity index (χ4n) is 3.89. The Hall–Kier alpha value is -1.32. The SMILES string of the molecule is CCN(CC)C(=O)C1=C(C(=O)N(CC)CC)C2CCC1C2. The lowest BCUT2D eigenvalue weighted by Crippen LogP contribution is -2.38. The number of rotatable bonds is 6. The monoisotopic (exact) mass is 292 g/mol. The van der Waals surface area contributed by atoms with Gasteiger partial charge in [-0.2, -0.15) is 0 Å². The first-order valence-electron chi connectivity index (χ1n) is 8.41. The molecule has 4 nitrogen and oxygen atoms in total. The van der Waals surface area contributed by atoms with Crippen molar-refractivity contribution in [1.82, 2.24) is 9.80 Å². The first-order chi connectivity index (χ1) is 10.1. The van der Waals surface area contributed by atoms with E-state index in [4.69, 9.17) is 0 Å².